The largest absolute Gasteiger partial charge is 0.355 e. The SMILES string of the molecule is O=C(NCC1Cc2ccccc21)[C@H]1CCCNC1. The summed E-state index contributed by atoms with van der Waals surface area (Å²) in [7, 11) is 0. The van der Waals surface area contributed by atoms with Gasteiger partial charge in [-0.25, -0.2) is 0 Å². The summed E-state index contributed by atoms with van der Waals surface area (Å²) in [5, 5.41) is 6.40. The molecule has 0 aromatic heterocycles. The third-order valence-electron chi connectivity index (χ3n) is 4.15. The molecule has 3 rings (SSSR count). The second kappa shape index (κ2) is 5.11. The van der Waals surface area contributed by atoms with Crippen molar-refractivity contribution in [3.8, 4) is 0 Å². The summed E-state index contributed by atoms with van der Waals surface area (Å²) >= 11 is 0. The van der Waals surface area contributed by atoms with Crippen LogP contribution < -0.4 is 10.6 Å². The van der Waals surface area contributed by atoms with E-state index < -0.39 is 0 Å². The van der Waals surface area contributed by atoms with E-state index in [1.54, 1.807) is 0 Å². The fourth-order valence-electron chi connectivity index (χ4n) is 2.99. The molecular formula is C15H20N2O. The van der Waals surface area contributed by atoms with Crippen molar-refractivity contribution < 1.29 is 4.79 Å². The van der Waals surface area contributed by atoms with E-state index in [2.05, 4.69) is 34.9 Å². The Morgan fingerprint density at radius 2 is 2.28 bits per heavy atom. The highest BCUT2D eigenvalue weighted by atomic mass is 16.1. The molecule has 18 heavy (non-hydrogen) atoms. The lowest BCUT2D eigenvalue weighted by molar-refractivity contribution is -0.125. The molecule has 2 N–H and O–H groups in total. The lowest BCUT2D eigenvalue weighted by Crippen LogP contribution is -2.42. The fraction of sp³-hybridized carbons (Fsp3) is 0.533. The van der Waals surface area contributed by atoms with Gasteiger partial charge < -0.3 is 10.6 Å². The van der Waals surface area contributed by atoms with Gasteiger partial charge in [-0.05, 0) is 36.9 Å². The molecule has 1 aliphatic carbocycles. The van der Waals surface area contributed by atoms with E-state index in [1.165, 1.54) is 11.1 Å². The third kappa shape index (κ3) is 2.27. The summed E-state index contributed by atoms with van der Waals surface area (Å²) in [4.78, 5) is 12.0. The van der Waals surface area contributed by atoms with Crippen LogP contribution in [0.5, 0.6) is 0 Å². The number of hydrogen-bond donors (Lipinski definition) is 2. The van der Waals surface area contributed by atoms with Crippen molar-refractivity contribution in [3.05, 3.63) is 35.4 Å². The maximum Gasteiger partial charge on any atom is 0.224 e. The predicted octanol–water partition coefficient (Wildman–Crippen LogP) is 1.44. The minimum atomic E-state index is 0.175. The van der Waals surface area contributed by atoms with Gasteiger partial charge >= 0.3 is 0 Å². The van der Waals surface area contributed by atoms with Crippen molar-refractivity contribution in [2.75, 3.05) is 19.6 Å². The van der Waals surface area contributed by atoms with Gasteiger partial charge in [0.15, 0.2) is 0 Å². The maximum atomic E-state index is 12.0. The van der Waals surface area contributed by atoms with E-state index in [1.807, 2.05) is 0 Å². The Balaban J connectivity index is 1.49. The number of amides is 1. The van der Waals surface area contributed by atoms with Gasteiger partial charge in [0, 0.05) is 19.0 Å². The van der Waals surface area contributed by atoms with E-state index in [0.717, 1.165) is 38.9 Å². The van der Waals surface area contributed by atoms with Crippen LogP contribution in [0.4, 0.5) is 0 Å². The highest BCUT2D eigenvalue weighted by molar-refractivity contribution is 5.79. The van der Waals surface area contributed by atoms with E-state index in [4.69, 9.17) is 0 Å². The summed E-state index contributed by atoms with van der Waals surface area (Å²) in [6, 6.07) is 8.52. The van der Waals surface area contributed by atoms with Crippen LogP contribution in [0.2, 0.25) is 0 Å². The molecule has 0 spiro atoms. The number of nitrogens with one attached hydrogen (secondary N) is 2. The summed E-state index contributed by atoms with van der Waals surface area (Å²) in [6.45, 7) is 2.69. The molecule has 1 heterocycles. The molecule has 1 aliphatic heterocycles. The smallest absolute Gasteiger partial charge is 0.224 e. The number of carbonyl (C=O) groups excluding carboxylic acids is 1. The van der Waals surface area contributed by atoms with E-state index in [0.29, 0.717) is 5.92 Å². The zero-order valence-electron chi connectivity index (χ0n) is 10.6. The molecule has 2 atom stereocenters. The molecule has 1 saturated heterocycles. The summed E-state index contributed by atoms with van der Waals surface area (Å²) in [5.41, 5.74) is 2.86. The van der Waals surface area contributed by atoms with Gasteiger partial charge in [-0.1, -0.05) is 24.3 Å². The molecule has 1 aromatic rings. The zero-order chi connectivity index (χ0) is 12.4. The molecule has 1 amide bonds. The first-order valence-corrected chi connectivity index (χ1v) is 6.91. The Morgan fingerprint density at radius 1 is 1.39 bits per heavy atom. The first kappa shape index (κ1) is 11.7. The number of carbonyl (C=O) groups is 1. The van der Waals surface area contributed by atoms with E-state index in [9.17, 15) is 4.79 Å². The molecule has 1 unspecified atom stereocenters. The first-order valence-electron chi connectivity index (χ1n) is 6.91. The summed E-state index contributed by atoms with van der Waals surface area (Å²) in [6.07, 6.45) is 3.25. The monoisotopic (exact) mass is 244 g/mol. The van der Waals surface area contributed by atoms with Gasteiger partial charge in [-0.15, -0.1) is 0 Å². The molecule has 1 fully saturated rings. The Bertz CT molecular complexity index is 438. The Labute approximate surface area is 108 Å². The maximum absolute atomic E-state index is 12.0. The second-order valence-electron chi connectivity index (χ2n) is 5.39. The average molecular weight is 244 g/mol. The number of fused-ring (bicyclic) bond motifs is 1. The van der Waals surface area contributed by atoms with E-state index >= 15 is 0 Å². The fourth-order valence-corrected chi connectivity index (χ4v) is 2.99. The molecule has 2 aliphatic rings. The Hall–Kier alpha value is -1.35. The molecule has 96 valence electrons. The molecule has 3 nitrogen and oxygen atoms in total. The number of hydrogen-bond acceptors (Lipinski definition) is 2. The van der Waals surface area contributed by atoms with Gasteiger partial charge in [0.2, 0.25) is 5.91 Å². The van der Waals surface area contributed by atoms with Gasteiger partial charge in [0.05, 0.1) is 5.92 Å². The lowest BCUT2D eigenvalue weighted by Gasteiger charge is -2.31. The van der Waals surface area contributed by atoms with Crippen molar-refractivity contribution >= 4 is 5.91 Å². The average Bonchev–Trinajstić information content (AvgIpc) is 2.40. The van der Waals surface area contributed by atoms with Crippen LogP contribution in [-0.2, 0) is 11.2 Å². The van der Waals surface area contributed by atoms with Gasteiger partial charge in [0.1, 0.15) is 0 Å². The van der Waals surface area contributed by atoms with Crippen LogP contribution in [0.25, 0.3) is 0 Å². The van der Waals surface area contributed by atoms with E-state index in [-0.39, 0.29) is 11.8 Å². The topological polar surface area (TPSA) is 41.1 Å². The van der Waals surface area contributed by atoms with Gasteiger partial charge in [-0.3, -0.25) is 4.79 Å². The van der Waals surface area contributed by atoms with Crippen LogP contribution in [0.15, 0.2) is 24.3 Å². The highest BCUT2D eigenvalue weighted by Crippen LogP contribution is 2.34. The predicted molar refractivity (Wildman–Crippen MR) is 71.5 cm³/mol. The molecule has 1 aromatic carbocycles. The van der Waals surface area contributed by atoms with Crippen molar-refractivity contribution in [1.82, 2.24) is 10.6 Å². The number of rotatable bonds is 3. The Kier molecular flexibility index (Phi) is 3.33. The van der Waals surface area contributed by atoms with Crippen molar-refractivity contribution in [3.63, 3.8) is 0 Å². The third-order valence-corrected chi connectivity index (χ3v) is 4.15. The lowest BCUT2D eigenvalue weighted by atomic mass is 9.77. The van der Waals surface area contributed by atoms with Gasteiger partial charge in [-0.2, -0.15) is 0 Å². The quantitative estimate of drug-likeness (QED) is 0.845. The van der Waals surface area contributed by atoms with Gasteiger partial charge in [0.25, 0.3) is 0 Å². The first-order chi connectivity index (χ1) is 8.84. The molecule has 0 bridgehead atoms. The second-order valence-corrected chi connectivity index (χ2v) is 5.39. The Morgan fingerprint density at radius 3 is 3.06 bits per heavy atom. The number of piperidine rings is 1. The van der Waals surface area contributed by atoms with Crippen LogP contribution in [0.3, 0.4) is 0 Å². The van der Waals surface area contributed by atoms with Crippen molar-refractivity contribution in [2.45, 2.75) is 25.2 Å². The minimum Gasteiger partial charge on any atom is -0.355 e. The van der Waals surface area contributed by atoms with Crippen LogP contribution in [0.1, 0.15) is 29.9 Å². The number of benzene rings is 1. The molecule has 3 heteroatoms. The molecular weight excluding hydrogens is 224 g/mol. The minimum absolute atomic E-state index is 0.175. The zero-order valence-corrected chi connectivity index (χ0v) is 10.6. The highest BCUT2D eigenvalue weighted by Gasteiger charge is 2.27. The normalized spacial score (nSPS) is 26.0. The molecule has 0 radical (unpaired) electrons. The van der Waals surface area contributed by atoms with Crippen molar-refractivity contribution in [1.29, 1.82) is 0 Å². The van der Waals surface area contributed by atoms with Crippen molar-refractivity contribution in [2.24, 2.45) is 5.92 Å². The van der Waals surface area contributed by atoms with Crippen LogP contribution in [-0.4, -0.2) is 25.5 Å². The standard InChI is InChI=1S/C15H20N2O/c18-15(12-5-3-7-16-9-12)17-10-13-8-11-4-1-2-6-14(11)13/h1-2,4,6,12-13,16H,3,5,7-10H2,(H,17,18)/t12-,13?/m0/s1. The molecule has 0 saturated carbocycles. The van der Waals surface area contributed by atoms with Crippen LogP contribution in [0, 0.1) is 5.92 Å². The van der Waals surface area contributed by atoms with Crippen LogP contribution >= 0.6 is 0 Å². The summed E-state index contributed by atoms with van der Waals surface area (Å²) in [5.74, 6) is 0.933. The summed E-state index contributed by atoms with van der Waals surface area (Å²) < 4.78 is 0.